The summed E-state index contributed by atoms with van der Waals surface area (Å²) in [6.45, 7) is 0.725. The topological polar surface area (TPSA) is 59.8 Å². The van der Waals surface area contributed by atoms with Crippen molar-refractivity contribution in [2.75, 3.05) is 13.2 Å². The molecule has 0 aromatic carbocycles. The number of hydrogen-bond donors (Lipinski definition) is 0. The van der Waals surface area contributed by atoms with Crippen LogP contribution in [0.1, 0.15) is 29.8 Å². The highest BCUT2D eigenvalue weighted by Crippen LogP contribution is 2.53. The lowest BCUT2D eigenvalue weighted by Gasteiger charge is -2.22. The minimum atomic E-state index is -0.764. The molecule has 0 radical (unpaired) electrons. The molecule has 1 aliphatic carbocycles. The molecule has 1 saturated carbocycles. The summed E-state index contributed by atoms with van der Waals surface area (Å²) in [5.74, 6) is -0.462. The molecule has 1 aromatic heterocycles. The van der Waals surface area contributed by atoms with Gasteiger partial charge in [0.1, 0.15) is 10.4 Å². The minimum absolute atomic E-state index is 0.0135. The Bertz CT molecular complexity index is 543. The largest absolute Gasteiger partial charge is 0.464 e. The highest BCUT2D eigenvalue weighted by molar-refractivity contribution is 6.50. The van der Waals surface area contributed by atoms with Gasteiger partial charge in [-0.25, -0.2) is 4.79 Å². The average molecular weight is 332 g/mol. The number of amides is 1. The zero-order chi connectivity index (χ0) is 15.0. The third-order valence-corrected chi connectivity index (χ3v) is 4.83. The van der Waals surface area contributed by atoms with Crippen molar-refractivity contribution in [3.63, 3.8) is 0 Å². The molecule has 7 heteroatoms. The number of carbonyl (C=O) groups is 2. The number of alkyl halides is 2. The molecule has 0 N–H and O–H groups in total. The van der Waals surface area contributed by atoms with E-state index >= 15 is 0 Å². The van der Waals surface area contributed by atoms with Crippen molar-refractivity contribution in [1.82, 2.24) is 4.90 Å². The van der Waals surface area contributed by atoms with Crippen molar-refractivity contribution in [3.05, 3.63) is 24.2 Å². The van der Waals surface area contributed by atoms with Crippen LogP contribution in [0.3, 0.4) is 0 Å². The van der Waals surface area contributed by atoms with Gasteiger partial charge in [-0.1, -0.05) is 0 Å². The van der Waals surface area contributed by atoms with E-state index in [0.717, 1.165) is 6.42 Å². The van der Waals surface area contributed by atoms with Gasteiger partial charge in [0.25, 0.3) is 5.91 Å². The molecular formula is C14H15Cl2NO4. The Morgan fingerprint density at radius 2 is 2.24 bits per heavy atom. The molecule has 2 atom stereocenters. The van der Waals surface area contributed by atoms with E-state index in [1.54, 1.807) is 12.1 Å². The van der Waals surface area contributed by atoms with Gasteiger partial charge in [0.2, 0.25) is 0 Å². The summed E-state index contributed by atoms with van der Waals surface area (Å²) < 4.78 is 9.58. The van der Waals surface area contributed by atoms with E-state index < -0.39 is 16.3 Å². The molecule has 1 aliphatic heterocycles. The van der Waals surface area contributed by atoms with Gasteiger partial charge in [-0.15, -0.1) is 23.2 Å². The second kappa shape index (κ2) is 5.54. The Morgan fingerprint density at radius 3 is 2.86 bits per heavy atom. The number of rotatable bonds is 4. The normalized spacial score (nSPS) is 26.7. The number of ether oxygens (including phenoxy) is 1. The van der Waals surface area contributed by atoms with E-state index in [0.29, 0.717) is 19.4 Å². The minimum Gasteiger partial charge on any atom is -0.464 e. The highest BCUT2D eigenvalue weighted by Gasteiger charge is 2.52. The van der Waals surface area contributed by atoms with E-state index in [9.17, 15) is 9.59 Å². The second-order valence-corrected chi connectivity index (χ2v) is 6.97. The molecule has 2 aliphatic rings. The first-order chi connectivity index (χ1) is 9.99. The van der Waals surface area contributed by atoms with E-state index in [4.69, 9.17) is 32.4 Å². The van der Waals surface area contributed by atoms with Gasteiger partial charge in [0.15, 0.2) is 5.76 Å². The molecule has 2 unspecified atom stereocenters. The number of carbonyl (C=O) groups excluding carboxylic acids is 2. The average Bonchev–Trinajstić information content (AvgIpc) is 2.93. The summed E-state index contributed by atoms with van der Waals surface area (Å²) in [4.78, 5) is 25.9. The van der Waals surface area contributed by atoms with Crippen molar-refractivity contribution in [2.45, 2.75) is 29.6 Å². The molecule has 1 amide bonds. The summed E-state index contributed by atoms with van der Waals surface area (Å²) in [6, 6.07) is 2.67. The monoisotopic (exact) mass is 331 g/mol. The molecule has 1 saturated heterocycles. The second-order valence-electron chi connectivity index (χ2n) is 5.43. The van der Waals surface area contributed by atoms with Crippen molar-refractivity contribution < 1.29 is 18.7 Å². The van der Waals surface area contributed by atoms with Gasteiger partial charge in [-0.2, -0.15) is 0 Å². The lowest BCUT2D eigenvalue weighted by molar-refractivity contribution is -0.148. The van der Waals surface area contributed by atoms with E-state index in [1.165, 1.54) is 11.2 Å². The molecule has 3 rings (SSSR count). The van der Waals surface area contributed by atoms with Gasteiger partial charge >= 0.3 is 5.97 Å². The maximum Gasteiger partial charge on any atom is 0.328 e. The van der Waals surface area contributed by atoms with Crippen LogP contribution in [-0.2, 0) is 9.53 Å². The van der Waals surface area contributed by atoms with Gasteiger partial charge < -0.3 is 14.1 Å². The predicted octanol–water partition coefficient (Wildman–Crippen LogP) is 2.62. The summed E-state index contributed by atoms with van der Waals surface area (Å²) in [7, 11) is 0. The Labute approximate surface area is 132 Å². The van der Waals surface area contributed by atoms with Crippen LogP contribution in [0.25, 0.3) is 0 Å². The number of likely N-dealkylation sites (tertiary alicyclic amines) is 1. The van der Waals surface area contributed by atoms with E-state index in [1.807, 2.05) is 0 Å². The third kappa shape index (κ3) is 3.04. The third-order valence-electron chi connectivity index (χ3n) is 3.90. The van der Waals surface area contributed by atoms with Crippen molar-refractivity contribution in [1.29, 1.82) is 0 Å². The Hall–Kier alpha value is -1.20. The quantitative estimate of drug-likeness (QED) is 0.628. The number of halogens is 2. The van der Waals surface area contributed by atoms with E-state index in [2.05, 4.69) is 0 Å². The molecule has 114 valence electrons. The molecule has 2 heterocycles. The van der Waals surface area contributed by atoms with Crippen LogP contribution < -0.4 is 0 Å². The molecule has 0 spiro atoms. The highest BCUT2D eigenvalue weighted by atomic mass is 35.5. The van der Waals surface area contributed by atoms with Gasteiger partial charge in [-0.3, -0.25) is 4.79 Å². The van der Waals surface area contributed by atoms with Crippen molar-refractivity contribution in [2.24, 2.45) is 5.92 Å². The Balaban J connectivity index is 1.58. The van der Waals surface area contributed by atoms with Crippen LogP contribution >= 0.6 is 23.2 Å². The number of furan rings is 1. The summed E-state index contributed by atoms with van der Waals surface area (Å²) in [5, 5.41) is 0. The van der Waals surface area contributed by atoms with Crippen LogP contribution in [0.4, 0.5) is 0 Å². The first-order valence-electron chi connectivity index (χ1n) is 6.88. The zero-order valence-electron chi connectivity index (χ0n) is 11.3. The fourth-order valence-electron chi connectivity index (χ4n) is 2.53. The van der Waals surface area contributed by atoms with Gasteiger partial charge in [0, 0.05) is 12.5 Å². The first kappa shape index (κ1) is 14.7. The van der Waals surface area contributed by atoms with Crippen LogP contribution in [0.15, 0.2) is 22.8 Å². The van der Waals surface area contributed by atoms with Crippen LogP contribution in [-0.4, -0.2) is 40.3 Å². The van der Waals surface area contributed by atoms with Gasteiger partial charge in [-0.05, 0) is 31.4 Å². The zero-order valence-corrected chi connectivity index (χ0v) is 12.8. The summed E-state index contributed by atoms with van der Waals surface area (Å²) in [5.41, 5.74) is 0. The fourth-order valence-corrected chi connectivity index (χ4v) is 3.02. The Kier molecular flexibility index (Phi) is 3.88. The fraction of sp³-hybridized carbons (Fsp3) is 0.571. The lowest BCUT2D eigenvalue weighted by atomic mass is 10.2. The lowest BCUT2D eigenvalue weighted by Crippen LogP contribution is -2.41. The summed E-state index contributed by atoms with van der Waals surface area (Å²) >= 11 is 11.8. The smallest absolute Gasteiger partial charge is 0.328 e. The molecule has 0 bridgehead atoms. The predicted molar refractivity (Wildman–Crippen MR) is 76.3 cm³/mol. The molecular weight excluding hydrogens is 317 g/mol. The van der Waals surface area contributed by atoms with Crippen LogP contribution in [0.5, 0.6) is 0 Å². The van der Waals surface area contributed by atoms with Gasteiger partial charge in [0.05, 0.1) is 12.9 Å². The van der Waals surface area contributed by atoms with Crippen molar-refractivity contribution in [3.8, 4) is 0 Å². The maximum absolute atomic E-state index is 12.3. The SMILES string of the molecule is O=C(OCC1CC1(Cl)Cl)C1CCCN1C(=O)c1ccco1. The molecule has 21 heavy (non-hydrogen) atoms. The number of esters is 1. The number of hydrogen-bond acceptors (Lipinski definition) is 4. The standard InChI is InChI=1S/C14H15Cl2NO4/c15-14(16)7-9(14)8-21-13(19)10-3-1-5-17(10)12(18)11-4-2-6-20-11/h2,4,6,9-10H,1,3,5,7-8H2. The van der Waals surface area contributed by atoms with Crippen molar-refractivity contribution >= 4 is 35.1 Å². The van der Waals surface area contributed by atoms with Crippen LogP contribution in [0, 0.1) is 5.92 Å². The molecule has 2 fully saturated rings. The maximum atomic E-state index is 12.3. The summed E-state index contributed by atoms with van der Waals surface area (Å²) in [6.07, 6.45) is 3.43. The molecule has 5 nitrogen and oxygen atoms in total. The number of nitrogens with zero attached hydrogens (tertiary/aromatic N) is 1. The molecule has 1 aromatic rings. The van der Waals surface area contributed by atoms with Crippen LogP contribution in [0.2, 0.25) is 0 Å². The Morgan fingerprint density at radius 1 is 1.48 bits per heavy atom. The first-order valence-corrected chi connectivity index (χ1v) is 7.63. The van der Waals surface area contributed by atoms with E-state index in [-0.39, 0.29) is 24.2 Å².